The molecule has 0 aliphatic carbocycles. The molecule has 0 spiro atoms. The van der Waals surface area contributed by atoms with Gasteiger partial charge in [0.05, 0.1) is 48.1 Å². The van der Waals surface area contributed by atoms with Crippen LogP contribution in [-0.2, 0) is 42.4 Å². The zero-order chi connectivity index (χ0) is 45.4. The van der Waals surface area contributed by atoms with E-state index in [1.807, 2.05) is 13.8 Å². The summed E-state index contributed by atoms with van der Waals surface area (Å²) in [6, 6.07) is 23.2. The van der Waals surface area contributed by atoms with Gasteiger partial charge in [-0.15, -0.1) is 0 Å². The third kappa shape index (κ3) is 9.87. The van der Waals surface area contributed by atoms with Crippen LogP contribution in [0, 0.1) is 13.8 Å². The van der Waals surface area contributed by atoms with Gasteiger partial charge in [0.25, 0.3) is 20.0 Å². The second-order valence-corrected chi connectivity index (χ2v) is 20.6. The van der Waals surface area contributed by atoms with Crippen molar-refractivity contribution in [2.45, 2.75) is 89.2 Å². The number of ether oxygens (including phenoxy) is 4. The van der Waals surface area contributed by atoms with Crippen LogP contribution in [0.1, 0.15) is 63.8 Å². The Hall–Kier alpha value is -6.00. The number of fused-ring (bicyclic) bond motifs is 2. The van der Waals surface area contributed by atoms with Gasteiger partial charge in [-0.25, -0.2) is 44.4 Å². The molecule has 62 heavy (non-hydrogen) atoms. The highest BCUT2D eigenvalue weighted by molar-refractivity contribution is 7.90. The second kappa shape index (κ2) is 17.4. The smallest absolute Gasteiger partial charge is 0.429 e. The van der Waals surface area contributed by atoms with Crippen molar-refractivity contribution < 1.29 is 45.4 Å². The van der Waals surface area contributed by atoms with Gasteiger partial charge in [-0.05, 0) is 140 Å². The summed E-state index contributed by atoms with van der Waals surface area (Å²) in [5.41, 5.74) is 1.72. The first-order valence-electron chi connectivity index (χ1n) is 20.0. The van der Waals surface area contributed by atoms with Crippen LogP contribution in [0.3, 0.4) is 0 Å². The molecular weight excluding hydrogens is 833 g/mol. The zero-order valence-electron chi connectivity index (χ0n) is 36.8. The number of nitrogens with zero attached hydrogens (tertiary/aromatic N) is 4. The maximum Gasteiger partial charge on any atom is 0.429 e. The van der Waals surface area contributed by atoms with Gasteiger partial charge in [0, 0.05) is 23.2 Å². The van der Waals surface area contributed by atoms with Crippen LogP contribution in [0.5, 0.6) is 11.5 Å². The summed E-state index contributed by atoms with van der Waals surface area (Å²) in [5, 5.41) is 3.42. The van der Waals surface area contributed by atoms with Gasteiger partial charge >= 0.3 is 12.2 Å². The largest absolute Gasteiger partial charge is 0.497 e. The van der Waals surface area contributed by atoms with E-state index in [9.17, 15) is 26.4 Å². The van der Waals surface area contributed by atoms with E-state index in [1.165, 1.54) is 34.6 Å². The molecular formula is C46H54N4O10S2. The lowest BCUT2D eigenvalue weighted by Crippen LogP contribution is -2.54. The Morgan fingerprint density at radius 3 is 1.19 bits per heavy atom. The number of rotatable bonds is 12. The SMILES string of the molecule is COc1ccc2c(c1)c(CCN(C(=O)OC(C)(C)C)N(CCc1cn(S(=O)(=O)c3ccc(C)cc3)c3ccc(OC)cc13)C(=O)OC(C)(C)C)cn2S(=O)(=O)c1ccc(C)cc1. The Bertz CT molecular complexity index is 2640. The van der Waals surface area contributed by atoms with Crippen molar-refractivity contribution >= 4 is 54.0 Å². The first kappa shape index (κ1) is 45.5. The summed E-state index contributed by atoms with van der Waals surface area (Å²) in [7, 11) is -5.12. The molecule has 0 fully saturated rings. The Balaban J connectivity index is 1.43. The molecule has 0 atom stereocenters. The molecule has 0 saturated carbocycles. The average Bonchev–Trinajstić information content (AvgIpc) is 3.76. The molecule has 16 heteroatoms. The number of carbonyl (C=O) groups excluding carboxylic acids is 2. The van der Waals surface area contributed by atoms with Crippen LogP contribution < -0.4 is 9.47 Å². The number of benzene rings is 4. The summed E-state index contributed by atoms with van der Waals surface area (Å²) in [4.78, 5) is 28.8. The molecule has 4 aromatic carbocycles. The molecule has 0 radical (unpaired) electrons. The second-order valence-electron chi connectivity index (χ2n) is 17.0. The molecule has 2 amide bonds. The van der Waals surface area contributed by atoms with Crippen LogP contribution in [0.25, 0.3) is 21.8 Å². The molecule has 2 heterocycles. The third-order valence-corrected chi connectivity index (χ3v) is 13.3. The van der Waals surface area contributed by atoms with E-state index in [4.69, 9.17) is 18.9 Å². The van der Waals surface area contributed by atoms with Crippen molar-refractivity contribution in [1.82, 2.24) is 18.0 Å². The molecule has 6 rings (SSSR count). The highest BCUT2D eigenvalue weighted by atomic mass is 32.2. The number of hydrogen-bond donors (Lipinski definition) is 0. The molecule has 0 saturated heterocycles. The molecule has 0 N–H and O–H groups in total. The normalized spacial score (nSPS) is 12.4. The number of hydrazine groups is 1. The van der Waals surface area contributed by atoms with Crippen molar-refractivity contribution in [3.63, 3.8) is 0 Å². The number of hydrogen-bond acceptors (Lipinski definition) is 10. The minimum Gasteiger partial charge on any atom is -0.497 e. The summed E-state index contributed by atoms with van der Waals surface area (Å²) >= 11 is 0. The van der Waals surface area contributed by atoms with Gasteiger partial charge in [-0.1, -0.05) is 35.4 Å². The number of aryl methyl sites for hydroxylation is 2. The molecule has 0 unspecified atom stereocenters. The number of methoxy groups -OCH3 is 2. The summed E-state index contributed by atoms with van der Waals surface area (Å²) in [6.45, 7) is 13.6. The van der Waals surface area contributed by atoms with E-state index in [0.717, 1.165) is 21.1 Å². The summed E-state index contributed by atoms with van der Waals surface area (Å²) in [5.74, 6) is 0.979. The maximum atomic E-state index is 14.3. The maximum absolute atomic E-state index is 14.3. The standard InChI is InChI=1S/C46H54N4O10S2/c1-31-11-17-37(18-12-31)61(53,54)49-29-33(39-27-35(57-9)15-21-41(39)49)23-25-47(43(51)59-45(3,4)5)48(44(52)60-46(6,7)8)26-24-34-30-50(42-22-16-36(58-10)28-40(34)42)62(55,56)38-19-13-32(2)14-20-38/h11-22,27-30H,23-26H2,1-10H3. The Morgan fingerprint density at radius 2 is 0.887 bits per heavy atom. The highest BCUT2D eigenvalue weighted by Gasteiger charge is 2.34. The number of carbonyl (C=O) groups is 2. The molecule has 2 aromatic heterocycles. The van der Waals surface area contributed by atoms with Crippen molar-refractivity contribution in [3.8, 4) is 11.5 Å². The van der Waals surface area contributed by atoms with Gasteiger partial charge in [0.15, 0.2) is 0 Å². The minimum absolute atomic E-state index is 0.0595. The molecule has 0 bridgehead atoms. The molecule has 14 nitrogen and oxygen atoms in total. The van der Waals surface area contributed by atoms with Crippen molar-refractivity contribution in [3.05, 3.63) is 120 Å². The lowest BCUT2D eigenvalue weighted by Gasteiger charge is -2.36. The van der Waals surface area contributed by atoms with Crippen molar-refractivity contribution in [2.75, 3.05) is 27.3 Å². The van der Waals surface area contributed by atoms with E-state index in [0.29, 0.717) is 44.4 Å². The van der Waals surface area contributed by atoms with Crippen LogP contribution in [0.4, 0.5) is 9.59 Å². The van der Waals surface area contributed by atoms with Crippen LogP contribution in [-0.4, -0.2) is 85.5 Å². The van der Waals surface area contributed by atoms with Crippen LogP contribution >= 0.6 is 0 Å². The Morgan fingerprint density at radius 1 is 0.548 bits per heavy atom. The van der Waals surface area contributed by atoms with Crippen LogP contribution in [0.15, 0.2) is 107 Å². The number of aromatic nitrogens is 2. The fourth-order valence-electron chi connectivity index (χ4n) is 6.89. The molecule has 6 aromatic rings. The topological polar surface area (TPSA) is 156 Å². The van der Waals surface area contributed by atoms with E-state index in [2.05, 4.69) is 0 Å². The Kier molecular flexibility index (Phi) is 12.8. The van der Waals surface area contributed by atoms with E-state index < -0.39 is 43.4 Å². The van der Waals surface area contributed by atoms with E-state index >= 15 is 0 Å². The fraction of sp³-hybridized carbons (Fsp3) is 0.348. The van der Waals surface area contributed by atoms with Crippen LogP contribution in [0.2, 0.25) is 0 Å². The van der Waals surface area contributed by atoms with Gasteiger partial charge in [0.1, 0.15) is 22.7 Å². The first-order valence-corrected chi connectivity index (χ1v) is 22.9. The molecule has 0 aliphatic rings. The molecule has 0 aliphatic heterocycles. The van der Waals surface area contributed by atoms with Crippen molar-refractivity contribution in [2.24, 2.45) is 0 Å². The average molecular weight is 887 g/mol. The van der Waals surface area contributed by atoms with Crippen molar-refractivity contribution in [1.29, 1.82) is 0 Å². The summed E-state index contributed by atoms with van der Waals surface area (Å²) < 4.78 is 81.6. The highest BCUT2D eigenvalue weighted by Crippen LogP contribution is 2.32. The monoisotopic (exact) mass is 886 g/mol. The minimum atomic E-state index is -4.07. The third-order valence-electron chi connectivity index (χ3n) is 9.96. The lowest BCUT2D eigenvalue weighted by atomic mass is 10.1. The predicted octanol–water partition coefficient (Wildman–Crippen LogP) is 8.88. The van der Waals surface area contributed by atoms with Gasteiger partial charge < -0.3 is 18.9 Å². The lowest BCUT2D eigenvalue weighted by molar-refractivity contribution is -0.0619. The molecule has 330 valence electrons. The predicted molar refractivity (Wildman–Crippen MR) is 238 cm³/mol. The Labute approximate surface area is 363 Å². The zero-order valence-corrected chi connectivity index (χ0v) is 38.4. The van der Waals surface area contributed by atoms with E-state index in [-0.39, 0.29) is 35.7 Å². The first-order chi connectivity index (χ1) is 29.0. The van der Waals surface area contributed by atoms with Gasteiger partial charge in [-0.2, -0.15) is 0 Å². The quantitative estimate of drug-likeness (QED) is 0.109. The van der Waals surface area contributed by atoms with E-state index in [1.54, 1.807) is 126 Å². The summed E-state index contributed by atoms with van der Waals surface area (Å²) in [6.07, 6.45) is 1.43. The number of amides is 2. The van der Waals surface area contributed by atoms with Gasteiger partial charge in [-0.3, -0.25) is 0 Å². The van der Waals surface area contributed by atoms with Gasteiger partial charge in [0.2, 0.25) is 0 Å². The fourth-order valence-corrected chi connectivity index (χ4v) is 9.67.